The van der Waals surface area contributed by atoms with E-state index in [9.17, 15) is 8.42 Å². The number of halogens is 1. The maximum Gasteiger partial charge on any atom is 0.194 e. The fourth-order valence-corrected chi connectivity index (χ4v) is 4.87. The molecule has 6 nitrogen and oxygen atoms in total. The van der Waals surface area contributed by atoms with Crippen molar-refractivity contribution in [3.05, 3.63) is 54.6 Å². The van der Waals surface area contributed by atoms with E-state index in [2.05, 4.69) is 22.4 Å². The molecule has 0 saturated carbocycles. The highest BCUT2D eigenvalue weighted by Crippen LogP contribution is 2.29. The van der Waals surface area contributed by atoms with Gasteiger partial charge in [0.25, 0.3) is 0 Å². The molecule has 1 N–H and O–H groups in total. The molecule has 0 aliphatic carbocycles. The second-order valence-corrected chi connectivity index (χ2v) is 10.7. The summed E-state index contributed by atoms with van der Waals surface area (Å²) in [6.07, 6.45) is 0. The summed E-state index contributed by atoms with van der Waals surface area (Å²) in [4.78, 5) is 6.71. The van der Waals surface area contributed by atoms with Crippen molar-refractivity contribution in [2.24, 2.45) is 4.99 Å². The number of para-hydroxylation sites is 1. The van der Waals surface area contributed by atoms with E-state index in [-0.39, 0.29) is 29.7 Å². The third kappa shape index (κ3) is 6.35. The molecule has 1 aliphatic heterocycles. The second-order valence-electron chi connectivity index (χ2n) is 7.95. The zero-order chi connectivity index (χ0) is 21.6. The van der Waals surface area contributed by atoms with Crippen molar-refractivity contribution in [2.45, 2.75) is 25.5 Å². The normalized spacial score (nSPS) is 17.5. The second kappa shape index (κ2) is 11.2. The predicted molar refractivity (Wildman–Crippen MR) is 138 cm³/mol. The van der Waals surface area contributed by atoms with Gasteiger partial charge in [-0.1, -0.05) is 48.5 Å². The number of hydrogen-bond donors (Lipinski definition) is 1. The van der Waals surface area contributed by atoms with Gasteiger partial charge in [-0.15, -0.1) is 24.0 Å². The van der Waals surface area contributed by atoms with E-state index >= 15 is 0 Å². The van der Waals surface area contributed by atoms with Crippen molar-refractivity contribution >= 4 is 39.8 Å². The van der Waals surface area contributed by atoms with Crippen LogP contribution < -0.4 is 10.1 Å². The Balaban J connectivity index is 0.00000341. The summed E-state index contributed by atoms with van der Waals surface area (Å²) >= 11 is 0. The molecule has 1 fully saturated rings. The highest BCUT2D eigenvalue weighted by atomic mass is 127. The van der Waals surface area contributed by atoms with E-state index in [1.165, 1.54) is 0 Å². The molecule has 170 valence electrons. The van der Waals surface area contributed by atoms with Crippen LogP contribution in [-0.4, -0.2) is 62.6 Å². The molecule has 0 bridgehead atoms. The highest BCUT2D eigenvalue weighted by Gasteiger charge is 2.40. The minimum absolute atomic E-state index is 0. The Morgan fingerprint density at radius 1 is 1.13 bits per heavy atom. The monoisotopic (exact) mass is 557 g/mol. The van der Waals surface area contributed by atoms with Crippen LogP contribution in [0.2, 0.25) is 0 Å². The van der Waals surface area contributed by atoms with Gasteiger partial charge >= 0.3 is 0 Å². The first-order valence-electron chi connectivity index (χ1n) is 10.4. The minimum atomic E-state index is -3.08. The Bertz CT molecular complexity index is 979. The lowest BCUT2D eigenvalue weighted by Gasteiger charge is -2.39. The third-order valence-electron chi connectivity index (χ3n) is 5.26. The van der Waals surface area contributed by atoms with Crippen molar-refractivity contribution in [2.75, 3.05) is 38.5 Å². The summed E-state index contributed by atoms with van der Waals surface area (Å²) in [5.41, 5.74) is 2.17. The summed E-state index contributed by atoms with van der Waals surface area (Å²) in [6, 6.07) is 18.1. The Morgan fingerprint density at radius 2 is 1.81 bits per heavy atom. The standard InChI is InChI=1S/C23H31N3O3S.HI/c1-4-24-22(26-15-17-30(27,28)23(2,3)18-26)25-14-16-29-21-13-9-8-12-20(21)19-10-6-5-7-11-19;/h5-13H,4,14-18H2,1-3H3,(H,24,25);1H. The van der Waals surface area contributed by atoms with Crippen LogP contribution in [-0.2, 0) is 9.84 Å². The van der Waals surface area contributed by atoms with Crippen LogP contribution in [0.1, 0.15) is 20.8 Å². The lowest BCUT2D eigenvalue weighted by molar-refractivity contribution is 0.324. The van der Waals surface area contributed by atoms with Gasteiger partial charge in [-0.25, -0.2) is 13.4 Å². The van der Waals surface area contributed by atoms with Crippen LogP contribution in [0.3, 0.4) is 0 Å². The molecule has 2 aromatic carbocycles. The van der Waals surface area contributed by atoms with Crippen molar-refractivity contribution < 1.29 is 13.2 Å². The maximum atomic E-state index is 12.3. The molecular weight excluding hydrogens is 525 g/mol. The fraction of sp³-hybridized carbons (Fsp3) is 0.435. The van der Waals surface area contributed by atoms with E-state index in [0.717, 1.165) is 29.4 Å². The molecule has 0 atom stereocenters. The Morgan fingerprint density at radius 3 is 2.48 bits per heavy atom. The molecule has 0 unspecified atom stereocenters. The van der Waals surface area contributed by atoms with Gasteiger partial charge in [-0.05, 0) is 32.4 Å². The number of ether oxygens (including phenoxy) is 1. The van der Waals surface area contributed by atoms with E-state index < -0.39 is 14.6 Å². The van der Waals surface area contributed by atoms with E-state index in [4.69, 9.17) is 4.74 Å². The number of guanidine groups is 1. The summed E-state index contributed by atoms with van der Waals surface area (Å²) in [7, 11) is -3.08. The van der Waals surface area contributed by atoms with Crippen LogP contribution in [0.5, 0.6) is 5.75 Å². The van der Waals surface area contributed by atoms with Crippen LogP contribution >= 0.6 is 24.0 Å². The topological polar surface area (TPSA) is 71.0 Å². The van der Waals surface area contributed by atoms with Crippen molar-refractivity contribution in [1.82, 2.24) is 10.2 Å². The zero-order valence-electron chi connectivity index (χ0n) is 18.4. The summed E-state index contributed by atoms with van der Waals surface area (Å²) < 4.78 is 29.8. The molecule has 1 heterocycles. The lowest BCUT2D eigenvalue weighted by Crippen LogP contribution is -2.57. The first-order valence-corrected chi connectivity index (χ1v) is 12.0. The van der Waals surface area contributed by atoms with Gasteiger partial charge in [0.15, 0.2) is 15.8 Å². The number of hydrogen-bond acceptors (Lipinski definition) is 4. The average molecular weight is 557 g/mol. The van der Waals surface area contributed by atoms with Crippen molar-refractivity contribution in [3.8, 4) is 16.9 Å². The number of sulfone groups is 1. The fourth-order valence-electron chi connectivity index (χ4n) is 3.51. The Labute approximate surface area is 203 Å². The molecule has 0 aromatic heterocycles. The largest absolute Gasteiger partial charge is 0.491 e. The van der Waals surface area contributed by atoms with Crippen LogP contribution in [0.4, 0.5) is 0 Å². The zero-order valence-corrected chi connectivity index (χ0v) is 21.5. The molecule has 0 amide bonds. The molecule has 8 heteroatoms. The van der Waals surface area contributed by atoms with E-state index in [1.807, 2.05) is 54.3 Å². The summed E-state index contributed by atoms with van der Waals surface area (Å²) in [5, 5.41) is 3.28. The Kier molecular flexibility index (Phi) is 9.17. The molecule has 0 radical (unpaired) electrons. The first-order chi connectivity index (χ1) is 14.3. The summed E-state index contributed by atoms with van der Waals surface area (Å²) in [6.45, 7) is 8.09. The number of benzene rings is 2. The smallest absolute Gasteiger partial charge is 0.194 e. The first kappa shape index (κ1) is 25.5. The van der Waals surface area contributed by atoms with Gasteiger partial charge in [0.05, 0.1) is 17.0 Å². The van der Waals surface area contributed by atoms with Crippen LogP contribution in [0.25, 0.3) is 11.1 Å². The molecular formula is C23H32IN3O3S. The number of nitrogens with zero attached hydrogens (tertiary/aromatic N) is 2. The van der Waals surface area contributed by atoms with E-state index in [0.29, 0.717) is 26.2 Å². The van der Waals surface area contributed by atoms with E-state index in [1.54, 1.807) is 13.8 Å². The maximum absolute atomic E-state index is 12.3. The molecule has 0 spiro atoms. The quantitative estimate of drug-likeness (QED) is 0.253. The number of rotatable bonds is 6. The lowest BCUT2D eigenvalue weighted by atomic mass is 10.1. The molecule has 1 aliphatic rings. The van der Waals surface area contributed by atoms with Gasteiger partial charge in [0, 0.05) is 25.2 Å². The third-order valence-corrected chi connectivity index (χ3v) is 7.79. The Hall–Kier alpha value is -1.81. The number of nitrogens with one attached hydrogen (secondary N) is 1. The van der Waals surface area contributed by atoms with Crippen molar-refractivity contribution in [3.63, 3.8) is 0 Å². The predicted octanol–water partition coefficient (Wildman–Crippen LogP) is 3.82. The van der Waals surface area contributed by atoms with Gasteiger partial charge < -0.3 is 15.0 Å². The van der Waals surface area contributed by atoms with Gasteiger partial charge in [0.2, 0.25) is 0 Å². The van der Waals surface area contributed by atoms with Gasteiger partial charge in [-0.2, -0.15) is 0 Å². The van der Waals surface area contributed by atoms with Crippen molar-refractivity contribution in [1.29, 1.82) is 0 Å². The SMILES string of the molecule is CCNC(=NCCOc1ccccc1-c1ccccc1)N1CCS(=O)(=O)C(C)(C)C1.I. The average Bonchev–Trinajstić information content (AvgIpc) is 2.73. The number of aliphatic imine (C=N–C) groups is 1. The summed E-state index contributed by atoms with van der Waals surface area (Å²) in [5.74, 6) is 1.71. The minimum Gasteiger partial charge on any atom is -0.491 e. The molecule has 31 heavy (non-hydrogen) atoms. The van der Waals surface area contributed by atoms with Gasteiger partial charge in [-0.3, -0.25) is 0 Å². The van der Waals surface area contributed by atoms with Gasteiger partial charge in [0.1, 0.15) is 12.4 Å². The molecule has 3 rings (SSSR count). The van der Waals surface area contributed by atoms with Crippen LogP contribution in [0.15, 0.2) is 59.6 Å². The highest BCUT2D eigenvalue weighted by molar-refractivity contribution is 14.0. The molecule has 2 aromatic rings. The van der Waals surface area contributed by atoms with Crippen LogP contribution in [0, 0.1) is 0 Å². The molecule has 1 saturated heterocycles.